The van der Waals surface area contributed by atoms with Gasteiger partial charge in [0.1, 0.15) is 6.17 Å². The van der Waals surface area contributed by atoms with E-state index < -0.39 is 0 Å². The lowest BCUT2D eigenvalue weighted by molar-refractivity contribution is 0.0978. The first-order valence-electron chi connectivity index (χ1n) is 9.12. The predicted molar refractivity (Wildman–Crippen MR) is 112 cm³/mol. The van der Waals surface area contributed by atoms with E-state index in [0.29, 0.717) is 5.56 Å². The average molecular weight is 354 g/mol. The predicted octanol–water partition coefficient (Wildman–Crippen LogP) is 5.50. The minimum absolute atomic E-state index is 0.0130. The molecule has 3 aromatic rings. The Hall–Kier alpha value is -3.33. The summed E-state index contributed by atoms with van der Waals surface area (Å²) >= 11 is 0. The summed E-state index contributed by atoms with van der Waals surface area (Å²) in [5, 5.41) is 3.55. The van der Waals surface area contributed by atoms with Gasteiger partial charge >= 0.3 is 0 Å². The highest BCUT2D eigenvalue weighted by Gasteiger charge is 2.33. The topological polar surface area (TPSA) is 32.3 Å². The highest BCUT2D eigenvalue weighted by Crippen LogP contribution is 2.32. The molecule has 3 heteroatoms. The van der Waals surface area contributed by atoms with Gasteiger partial charge in [-0.3, -0.25) is 9.69 Å². The highest BCUT2D eigenvalue weighted by atomic mass is 16.2. The normalized spacial score (nSPS) is 16.7. The summed E-state index contributed by atoms with van der Waals surface area (Å²) in [6, 6.07) is 26.0. The van der Waals surface area contributed by atoms with E-state index in [1.165, 1.54) is 5.56 Å². The number of anilines is 2. The zero-order valence-electron chi connectivity index (χ0n) is 15.5. The van der Waals surface area contributed by atoms with Gasteiger partial charge < -0.3 is 5.32 Å². The summed E-state index contributed by atoms with van der Waals surface area (Å²) in [6.45, 7) is 4.11. The van der Waals surface area contributed by atoms with Crippen LogP contribution in [0.2, 0.25) is 0 Å². The monoisotopic (exact) mass is 354 g/mol. The third-order valence-corrected chi connectivity index (χ3v) is 4.86. The molecule has 0 spiro atoms. The van der Waals surface area contributed by atoms with E-state index in [0.717, 1.165) is 22.5 Å². The molecule has 27 heavy (non-hydrogen) atoms. The lowest BCUT2D eigenvalue weighted by Crippen LogP contribution is -2.49. The van der Waals surface area contributed by atoms with Gasteiger partial charge in [-0.15, -0.1) is 0 Å². The van der Waals surface area contributed by atoms with Crippen molar-refractivity contribution in [2.75, 3.05) is 10.2 Å². The molecule has 0 fully saturated rings. The van der Waals surface area contributed by atoms with Gasteiger partial charge in [0.2, 0.25) is 0 Å². The van der Waals surface area contributed by atoms with Crippen molar-refractivity contribution < 1.29 is 4.79 Å². The van der Waals surface area contributed by atoms with Crippen LogP contribution >= 0.6 is 0 Å². The molecule has 0 aromatic heterocycles. The highest BCUT2D eigenvalue weighted by molar-refractivity contribution is 6.12. The molecule has 0 saturated heterocycles. The molecule has 3 nitrogen and oxygen atoms in total. The first-order valence-corrected chi connectivity index (χ1v) is 9.12. The molecule has 134 valence electrons. The van der Waals surface area contributed by atoms with Crippen molar-refractivity contribution in [3.63, 3.8) is 0 Å². The zero-order valence-corrected chi connectivity index (χ0v) is 15.5. The molecule has 1 unspecified atom stereocenters. The molecule has 1 atom stereocenters. The Balaban J connectivity index is 1.80. The fraction of sp³-hybridized carbons (Fsp3) is 0.125. The number of nitrogens with one attached hydrogen (secondary N) is 1. The van der Waals surface area contributed by atoms with Crippen LogP contribution < -0.4 is 10.2 Å². The Kier molecular flexibility index (Phi) is 4.51. The van der Waals surface area contributed by atoms with E-state index >= 15 is 0 Å². The van der Waals surface area contributed by atoms with Crippen molar-refractivity contribution >= 4 is 23.4 Å². The molecule has 0 aliphatic carbocycles. The second-order valence-corrected chi connectivity index (χ2v) is 6.90. The number of carbonyl (C=O) groups excluding carboxylic acids is 1. The molecule has 0 saturated carbocycles. The number of carbonyl (C=O) groups is 1. The van der Waals surface area contributed by atoms with Crippen molar-refractivity contribution in [1.82, 2.24) is 0 Å². The second kappa shape index (κ2) is 7.12. The summed E-state index contributed by atoms with van der Waals surface area (Å²) in [4.78, 5) is 15.2. The second-order valence-electron chi connectivity index (χ2n) is 6.90. The van der Waals surface area contributed by atoms with E-state index in [4.69, 9.17) is 0 Å². The zero-order chi connectivity index (χ0) is 18.8. The first kappa shape index (κ1) is 17.1. The maximum absolute atomic E-state index is 13.3. The maximum Gasteiger partial charge on any atom is 0.262 e. The van der Waals surface area contributed by atoms with Crippen molar-refractivity contribution in [3.05, 3.63) is 101 Å². The Morgan fingerprint density at radius 2 is 1.59 bits per heavy atom. The van der Waals surface area contributed by atoms with Gasteiger partial charge in [0.05, 0.1) is 5.56 Å². The SMILES string of the molecule is C/C(=C/c1ccccc1)C1Nc2ccccc2C(=O)N1c1ccc(C)cc1. The molecule has 1 amide bonds. The summed E-state index contributed by atoms with van der Waals surface area (Å²) in [5.41, 5.74) is 5.82. The number of nitrogens with zero attached hydrogens (tertiary/aromatic N) is 1. The van der Waals surface area contributed by atoms with E-state index in [1.54, 1.807) is 0 Å². The molecule has 3 aromatic carbocycles. The van der Waals surface area contributed by atoms with Crippen LogP contribution in [0.4, 0.5) is 11.4 Å². The van der Waals surface area contributed by atoms with Crippen LogP contribution in [-0.2, 0) is 0 Å². The van der Waals surface area contributed by atoms with Crippen LogP contribution in [0.1, 0.15) is 28.4 Å². The fourth-order valence-corrected chi connectivity index (χ4v) is 3.43. The molecule has 0 bridgehead atoms. The number of para-hydroxylation sites is 1. The Morgan fingerprint density at radius 3 is 2.33 bits per heavy atom. The van der Waals surface area contributed by atoms with E-state index in [9.17, 15) is 4.79 Å². The number of benzene rings is 3. The Labute approximate surface area is 160 Å². The summed E-state index contributed by atoms with van der Waals surface area (Å²) in [6.07, 6.45) is 1.88. The molecular formula is C24H22N2O. The average Bonchev–Trinajstić information content (AvgIpc) is 2.69. The standard InChI is InChI=1S/C24H22N2O/c1-17-12-14-20(15-13-17)26-23(18(2)16-19-8-4-3-5-9-19)25-22-11-7-6-10-21(22)24(26)27/h3-16,23,25H,1-2H3/b18-16-. The number of hydrogen-bond donors (Lipinski definition) is 1. The summed E-state index contributed by atoms with van der Waals surface area (Å²) < 4.78 is 0. The third-order valence-electron chi connectivity index (χ3n) is 4.86. The Bertz CT molecular complexity index is 990. The van der Waals surface area contributed by atoms with E-state index in [1.807, 2.05) is 78.6 Å². The van der Waals surface area contributed by atoms with Crippen LogP contribution in [-0.4, -0.2) is 12.1 Å². The van der Waals surface area contributed by atoms with Gasteiger partial charge in [0.25, 0.3) is 5.91 Å². The van der Waals surface area contributed by atoms with Crippen molar-refractivity contribution in [1.29, 1.82) is 0 Å². The molecule has 1 aliphatic rings. The van der Waals surface area contributed by atoms with Crippen LogP contribution in [0.25, 0.3) is 6.08 Å². The van der Waals surface area contributed by atoms with E-state index in [-0.39, 0.29) is 12.1 Å². The molecule has 4 rings (SSSR count). The molecule has 1 N–H and O–H groups in total. The smallest absolute Gasteiger partial charge is 0.262 e. The molecule has 1 aliphatic heterocycles. The number of fused-ring (bicyclic) bond motifs is 1. The van der Waals surface area contributed by atoms with Crippen LogP contribution in [0.5, 0.6) is 0 Å². The quantitative estimate of drug-likeness (QED) is 0.674. The van der Waals surface area contributed by atoms with Crippen molar-refractivity contribution in [2.24, 2.45) is 0 Å². The lowest BCUT2D eigenvalue weighted by atomic mass is 10.0. The molecule has 1 heterocycles. The lowest BCUT2D eigenvalue weighted by Gasteiger charge is -2.38. The number of amides is 1. The van der Waals surface area contributed by atoms with Crippen LogP contribution in [0.3, 0.4) is 0 Å². The first-order chi connectivity index (χ1) is 13.1. The minimum Gasteiger partial charge on any atom is -0.361 e. The molecular weight excluding hydrogens is 332 g/mol. The number of hydrogen-bond acceptors (Lipinski definition) is 2. The summed E-state index contributed by atoms with van der Waals surface area (Å²) in [7, 11) is 0. The maximum atomic E-state index is 13.3. The Morgan fingerprint density at radius 1 is 0.926 bits per heavy atom. The van der Waals surface area contributed by atoms with Crippen molar-refractivity contribution in [3.8, 4) is 0 Å². The van der Waals surface area contributed by atoms with Gasteiger partial charge in [0.15, 0.2) is 0 Å². The fourth-order valence-electron chi connectivity index (χ4n) is 3.43. The summed E-state index contributed by atoms with van der Waals surface area (Å²) in [5.74, 6) is 0.0130. The van der Waals surface area contributed by atoms with Gasteiger partial charge in [-0.2, -0.15) is 0 Å². The van der Waals surface area contributed by atoms with Gasteiger partial charge in [-0.25, -0.2) is 0 Å². The third kappa shape index (κ3) is 3.36. The van der Waals surface area contributed by atoms with Crippen LogP contribution in [0.15, 0.2) is 84.4 Å². The number of rotatable bonds is 3. The van der Waals surface area contributed by atoms with E-state index in [2.05, 4.69) is 30.4 Å². The van der Waals surface area contributed by atoms with Gasteiger partial charge in [0, 0.05) is 11.4 Å². The van der Waals surface area contributed by atoms with Gasteiger partial charge in [-0.05, 0) is 49.2 Å². The largest absolute Gasteiger partial charge is 0.361 e. The van der Waals surface area contributed by atoms with Crippen molar-refractivity contribution in [2.45, 2.75) is 20.0 Å². The van der Waals surface area contributed by atoms with Gasteiger partial charge in [-0.1, -0.05) is 66.2 Å². The molecule has 0 radical (unpaired) electrons. The number of aryl methyl sites for hydroxylation is 1. The minimum atomic E-state index is -0.240. The van der Waals surface area contributed by atoms with Crippen LogP contribution in [0, 0.1) is 6.92 Å².